The average Bonchev–Trinajstić information content (AvgIpc) is 3.30. The van der Waals surface area contributed by atoms with Crippen LogP contribution in [0, 0.1) is 0 Å². The number of carbonyl (C=O) groups excluding carboxylic acids is 1. The number of pyridine rings is 1. The molecule has 1 aliphatic rings. The van der Waals surface area contributed by atoms with E-state index in [1.165, 1.54) is 18.3 Å². The van der Waals surface area contributed by atoms with Crippen LogP contribution in [0.25, 0.3) is 27.5 Å². The molecule has 162 valence electrons. The SMILES string of the molecule is CCc1ccc(-c2nn(-c3ccccc3Cl)c3c2CCCc2nc(NC(C)=O)sc2-3)cn1. The third-order valence-electron chi connectivity index (χ3n) is 5.56. The van der Waals surface area contributed by atoms with Gasteiger partial charge < -0.3 is 5.32 Å². The Morgan fingerprint density at radius 3 is 2.78 bits per heavy atom. The smallest absolute Gasteiger partial charge is 0.223 e. The maximum absolute atomic E-state index is 11.6. The van der Waals surface area contributed by atoms with Crippen LogP contribution in [0.1, 0.15) is 37.2 Å². The second-order valence-electron chi connectivity index (χ2n) is 7.76. The van der Waals surface area contributed by atoms with Crippen molar-refractivity contribution in [2.45, 2.75) is 39.5 Å². The highest BCUT2D eigenvalue weighted by Crippen LogP contribution is 2.43. The number of carbonyl (C=O) groups is 1. The van der Waals surface area contributed by atoms with Crippen molar-refractivity contribution in [2.24, 2.45) is 0 Å². The molecular weight excluding hydrogens is 442 g/mol. The number of aryl methyl sites for hydroxylation is 2. The zero-order chi connectivity index (χ0) is 22.2. The number of hydrogen-bond donors (Lipinski definition) is 1. The van der Waals surface area contributed by atoms with Gasteiger partial charge in [0.15, 0.2) is 5.13 Å². The fraction of sp³-hybridized carbons (Fsp3) is 0.250. The zero-order valence-corrected chi connectivity index (χ0v) is 19.4. The molecule has 3 aromatic heterocycles. The number of fused-ring (bicyclic) bond motifs is 3. The quantitative estimate of drug-likeness (QED) is 0.420. The molecule has 32 heavy (non-hydrogen) atoms. The highest BCUT2D eigenvalue weighted by atomic mass is 35.5. The molecule has 0 unspecified atom stereocenters. The summed E-state index contributed by atoms with van der Waals surface area (Å²) in [4.78, 5) is 22.0. The number of aromatic nitrogens is 4. The van der Waals surface area contributed by atoms with Crippen LogP contribution in [0.15, 0.2) is 42.6 Å². The number of para-hydroxylation sites is 1. The van der Waals surface area contributed by atoms with Crippen LogP contribution in [0.3, 0.4) is 0 Å². The van der Waals surface area contributed by atoms with E-state index in [2.05, 4.69) is 29.4 Å². The van der Waals surface area contributed by atoms with Crippen molar-refractivity contribution in [3.8, 4) is 27.5 Å². The Morgan fingerprint density at radius 1 is 1.22 bits per heavy atom. The van der Waals surface area contributed by atoms with E-state index in [-0.39, 0.29) is 5.91 Å². The van der Waals surface area contributed by atoms with Gasteiger partial charge in [0, 0.05) is 29.9 Å². The lowest BCUT2D eigenvalue weighted by Crippen LogP contribution is -2.05. The van der Waals surface area contributed by atoms with Gasteiger partial charge in [-0.25, -0.2) is 9.67 Å². The summed E-state index contributed by atoms with van der Waals surface area (Å²) in [6.07, 6.45) is 5.46. The molecule has 0 radical (unpaired) electrons. The maximum Gasteiger partial charge on any atom is 0.223 e. The number of nitrogens with zero attached hydrogens (tertiary/aromatic N) is 4. The van der Waals surface area contributed by atoms with Gasteiger partial charge in [0.1, 0.15) is 0 Å². The summed E-state index contributed by atoms with van der Waals surface area (Å²) in [5, 5.41) is 9.12. The molecule has 0 spiro atoms. The summed E-state index contributed by atoms with van der Waals surface area (Å²) < 4.78 is 1.93. The van der Waals surface area contributed by atoms with Gasteiger partial charge >= 0.3 is 0 Å². The van der Waals surface area contributed by atoms with Gasteiger partial charge in [0.25, 0.3) is 0 Å². The maximum atomic E-state index is 11.6. The van der Waals surface area contributed by atoms with Crippen molar-refractivity contribution in [3.63, 3.8) is 0 Å². The van der Waals surface area contributed by atoms with E-state index in [4.69, 9.17) is 21.7 Å². The molecule has 5 rings (SSSR count). The van der Waals surface area contributed by atoms with Gasteiger partial charge in [-0.15, -0.1) is 0 Å². The Balaban J connectivity index is 1.76. The number of nitrogens with one attached hydrogen (secondary N) is 1. The topological polar surface area (TPSA) is 72.7 Å². The summed E-state index contributed by atoms with van der Waals surface area (Å²) in [6, 6.07) is 11.9. The van der Waals surface area contributed by atoms with Gasteiger partial charge in [0.05, 0.1) is 32.7 Å². The first-order valence-electron chi connectivity index (χ1n) is 10.6. The Morgan fingerprint density at radius 2 is 2.06 bits per heavy atom. The van der Waals surface area contributed by atoms with Crippen molar-refractivity contribution in [3.05, 3.63) is 64.6 Å². The third kappa shape index (κ3) is 3.72. The molecule has 1 N–H and O–H groups in total. The van der Waals surface area contributed by atoms with Crippen LogP contribution in [-0.2, 0) is 24.1 Å². The molecule has 0 saturated carbocycles. The van der Waals surface area contributed by atoms with E-state index in [9.17, 15) is 4.79 Å². The molecule has 0 aliphatic heterocycles. The van der Waals surface area contributed by atoms with Crippen molar-refractivity contribution in [1.82, 2.24) is 19.7 Å². The van der Waals surface area contributed by atoms with E-state index < -0.39 is 0 Å². The van der Waals surface area contributed by atoms with Crippen LogP contribution in [0.2, 0.25) is 5.02 Å². The fourth-order valence-electron chi connectivity index (χ4n) is 4.07. The predicted octanol–water partition coefficient (Wildman–Crippen LogP) is 5.72. The van der Waals surface area contributed by atoms with E-state index >= 15 is 0 Å². The third-order valence-corrected chi connectivity index (χ3v) is 6.90. The standard InChI is InChI=1S/C24H22ClN5OS/c1-3-16-12-11-15(13-26-16)21-17-7-6-9-19-23(32-24(28-19)27-14(2)31)22(17)30(29-21)20-10-5-4-8-18(20)25/h4-5,8,10-13H,3,6-7,9H2,1-2H3,(H,27,28,31). The van der Waals surface area contributed by atoms with Crippen LogP contribution in [0.5, 0.6) is 0 Å². The summed E-state index contributed by atoms with van der Waals surface area (Å²) in [7, 11) is 0. The van der Waals surface area contributed by atoms with E-state index in [1.807, 2.05) is 35.1 Å². The molecule has 1 amide bonds. The average molecular weight is 464 g/mol. The van der Waals surface area contributed by atoms with Gasteiger partial charge in [-0.2, -0.15) is 5.10 Å². The number of hydrogen-bond acceptors (Lipinski definition) is 5. The highest BCUT2D eigenvalue weighted by Gasteiger charge is 2.29. The van der Waals surface area contributed by atoms with Crippen molar-refractivity contribution in [2.75, 3.05) is 5.32 Å². The monoisotopic (exact) mass is 463 g/mol. The second-order valence-corrected chi connectivity index (χ2v) is 9.17. The van der Waals surface area contributed by atoms with Crippen LogP contribution in [-0.4, -0.2) is 25.7 Å². The minimum atomic E-state index is -0.128. The molecule has 8 heteroatoms. The van der Waals surface area contributed by atoms with E-state index in [1.54, 1.807) is 0 Å². The van der Waals surface area contributed by atoms with E-state index in [0.717, 1.165) is 70.2 Å². The number of amides is 1. The molecule has 6 nitrogen and oxygen atoms in total. The van der Waals surface area contributed by atoms with E-state index in [0.29, 0.717) is 10.2 Å². The summed E-state index contributed by atoms with van der Waals surface area (Å²) in [5.41, 5.74) is 6.91. The lowest BCUT2D eigenvalue weighted by atomic mass is 10.0. The van der Waals surface area contributed by atoms with Gasteiger partial charge in [-0.1, -0.05) is 42.0 Å². The number of halogens is 1. The molecule has 0 saturated heterocycles. The Labute approximate surface area is 195 Å². The minimum absolute atomic E-state index is 0.128. The summed E-state index contributed by atoms with van der Waals surface area (Å²) >= 11 is 8.08. The first-order valence-corrected chi connectivity index (χ1v) is 11.8. The highest BCUT2D eigenvalue weighted by molar-refractivity contribution is 7.19. The molecular formula is C24H22ClN5OS. The largest absolute Gasteiger partial charge is 0.302 e. The van der Waals surface area contributed by atoms with Gasteiger partial charge in [-0.05, 0) is 49.9 Å². The first-order chi connectivity index (χ1) is 15.5. The number of thiazole rings is 1. The van der Waals surface area contributed by atoms with Crippen LogP contribution in [0.4, 0.5) is 5.13 Å². The molecule has 1 aromatic carbocycles. The van der Waals surface area contributed by atoms with Gasteiger partial charge in [-0.3, -0.25) is 9.78 Å². The molecule has 3 heterocycles. The molecule has 4 aromatic rings. The van der Waals surface area contributed by atoms with Crippen LogP contribution < -0.4 is 5.32 Å². The lowest BCUT2D eigenvalue weighted by molar-refractivity contribution is -0.114. The fourth-order valence-corrected chi connectivity index (χ4v) is 5.40. The molecule has 0 fully saturated rings. The zero-order valence-electron chi connectivity index (χ0n) is 17.9. The summed E-state index contributed by atoms with van der Waals surface area (Å²) in [6.45, 7) is 3.59. The summed E-state index contributed by atoms with van der Waals surface area (Å²) in [5.74, 6) is -0.128. The molecule has 0 bridgehead atoms. The lowest BCUT2D eigenvalue weighted by Gasteiger charge is -2.09. The number of rotatable bonds is 4. The van der Waals surface area contributed by atoms with Crippen molar-refractivity contribution >= 4 is 34.0 Å². The second kappa shape index (κ2) is 8.48. The Hall–Kier alpha value is -3.03. The predicted molar refractivity (Wildman–Crippen MR) is 129 cm³/mol. The normalized spacial score (nSPS) is 12.7. The first kappa shape index (κ1) is 20.8. The van der Waals surface area contributed by atoms with Gasteiger partial charge in [0.2, 0.25) is 5.91 Å². The van der Waals surface area contributed by atoms with Crippen molar-refractivity contribution in [1.29, 1.82) is 0 Å². The molecule has 0 atom stereocenters. The molecule has 1 aliphatic carbocycles. The van der Waals surface area contributed by atoms with Crippen LogP contribution >= 0.6 is 22.9 Å². The number of anilines is 1. The Kier molecular flexibility index (Phi) is 5.53. The number of benzene rings is 1. The minimum Gasteiger partial charge on any atom is -0.302 e. The Bertz CT molecular complexity index is 1310. The van der Waals surface area contributed by atoms with Crippen molar-refractivity contribution < 1.29 is 4.79 Å².